The van der Waals surface area contributed by atoms with Crippen molar-refractivity contribution in [3.05, 3.63) is 92.1 Å². The van der Waals surface area contributed by atoms with E-state index >= 15 is 0 Å². The molecule has 0 spiro atoms. The first kappa shape index (κ1) is 25.4. The van der Waals surface area contributed by atoms with Crippen molar-refractivity contribution in [2.75, 3.05) is 52.1 Å². The Balaban J connectivity index is 1.38. The third-order valence-corrected chi connectivity index (χ3v) is 6.75. The zero-order valence-electron chi connectivity index (χ0n) is 20.9. The monoisotopic (exact) mass is 491 g/mol. The molecule has 1 aliphatic heterocycles. The number of piperazine rings is 1. The standard InChI is InChI=1S/C27H33N5O4/c1-29-26(34)24(25(28)32(27(29)35)18-21-6-4-3-5-7-21)23(33)19-31-16-14-30(15-17-31)13-12-20-8-10-22(36-2)11-9-20/h3-11H,12-19,28H2,1-2H3. The predicted molar refractivity (Wildman–Crippen MR) is 140 cm³/mol. The highest BCUT2D eigenvalue weighted by Crippen LogP contribution is 2.14. The Morgan fingerprint density at radius 3 is 2.19 bits per heavy atom. The van der Waals surface area contributed by atoms with Crippen LogP contribution in [0.1, 0.15) is 21.5 Å². The summed E-state index contributed by atoms with van der Waals surface area (Å²) in [5, 5.41) is 0. The van der Waals surface area contributed by atoms with E-state index in [1.54, 1.807) is 7.11 Å². The Bertz CT molecular complexity index is 1310. The van der Waals surface area contributed by atoms with Crippen LogP contribution in [0.2, 0.25) is 0 Å². The van der Waals surface area contributed by atoms with Crippen LogP contribution in [0.4, 0.5) is 5.82 Å². The number of hydrogen-bond acceptors (Lipinski definition) is 7. The minimum absolute atomic E-state index is 0.0740. The second kappa shape index (κ2) is 11.4. The summed E-state index contributed by atoms with van der Waals surface area (Å²) in [7, 11) is 3.04. The number of Topliss-reactive ketones (excluding diaryl/α,β-unsaturated/α-hetero) is 1. The van der Waals surface area contributed by atoms with Crippen LogP contribution in [0.3, 0.4) is 0 Å². The van der Waals surface area contributed by atoms with Gasteiger partial charge in [-0.25, -0.2) is 4.79 Å². The van der Waals surface area contributed by atoms with E-state index in [-0.39, 0.29) is 30.3 Å². The van der Waals surface area contributed by atoms with Gasteiger partial charge in [-0.15, -0.1) is 0 Å². The molecule has 190 valence electrons. The van der Waals surface area contributed by atoms with Crippen molar-refractivity contribution in [1.82, 2.24) is 18.9 Å². The van der Waals surface area contributed by atoms with Gasteiger partial charge < -0.3 is 15.4 Å². The third kappa shape index (κ3) is 5.75. The highest BCUT2D eigenvalue weighted by atomic mass is 16.5. The molecule has 3 aromatic rings. The molecule has 0 atom stereocenters. The van der Waals surface area contributed by atoms with Crippen molar-refractivity contribution in [3.63, 3.8) is 0 Å². The molecule has 0 radical (unpaired) electrons. The lowest BCUT2D eigenvalue weighted by Crippen LogP contribution is -2.49. The second-order valence-corrected chi connectivity index (χ2v) is 9.12. The molecule has 4 rings (SSSR count). The van der Waals surface area contributed by atoms with Crippen molar-refractivity contribution in [3.8, 4) is 5.75 Å². The number of nitrogens with two attached hydrogens (primary N) is 1. The molecule has 0 aliphatic carbocycles. The zero-order valence-corrected chi connectivity index (χ0v) is 20.9. The van der Waals surface area contributed by atoms with Gasteiger partial charge in [0.15, 0.2) is 5.78 Å². The number of methoxy groups -OCH3 is 1. The average molecular weight is 492 g/mol. The first-order chi connectivity index (χ1) is 17.4. The number of ketones is 1. The van der Waals surface area contributed by atoms with E-state index in [0.717, 1.165) is 55.0 Å². The highest BCUT2D eigenvalue weighted by molar-refractivity contribution is 6.01. The molecular formula is C27H33N5O4. The largest absolute Gasteiger partial charge is 0.497 e. The minimum atomic E-state index is -0.648. The molecule has 0 amide bonds. The normalized spacial score (nSPS) is 14.6. The molecule has 0 bridgehead atoms. The molecule has 0 saturated carbocycles. The molecular weight excluding hydrogens is 458 g/mol. The molecule has 1 aliphatic rings. The molecule has 36 heavy (non-hydrogen) atoms. The van der Waals surface area contributed by atoms with Crippen molar-refractivity contribution < 1.29 is 9.53 Å². The highest BCUT2D eigenvalue weighted by Gasteiger charge is 2.25. The summed E-state index contributed by atoms with van der Waals surface area (Å²) in [4.78, 5) is 43.2. The number of rotatable bonds is 9. The average Bonchev–Trinajstić information content (AvgIpc) is 2.90. The maximum absolute atomic E-state index is 13.2. The summed E-state index contributed by atoms with van der Waals surface area (Å²) < 4.78 is 7.46. The molecule has 2 aromatic carbocycles. The smallest absolute Gasteiger partial charge is 0.332 e. The SMILES string of the molecule is COc1ccc(CCN2CCN(CC(=O)c3c(N)n(Cc4ccccc4)c(=O)n(C)c3=O)CC2)cc1. The number of ether oxygens (including phenoxy) is 1. The molecule has 2 heterocycles. The van der Waals surface area contributed by atoms with E-state index in [4.69, 9.17) is 10.5 Å². The summed E-state index contributed by atoms with van der Waals surface area (Å²) in [6.07, 6.45) is 0.943. The fourth-order valence-corrected chi connectivity index (χ4v) is 4.50. The van der Waals surface area contributed by atoms with Crippen molar-refractivity contribution in [2.45, 2.75) is 13.0 Å². The topological polar surface area (TPSA) is 103 Å². The van der Waals surface area contributed by atoms with E-state index in [1.807, 2.05) is 47.4 Å². The number of aromatic nitrogens is 2. The molecule has 0 unspecified atom stereocenters. The second-order valence-electron chi connectivity index (χ2n) is 9.12. The maximum Gasteiger partial charge on any atom is 0.332 e. The number of anilines is 1. The van der Waals surface area contributed by atoms with Crippen LogP contribution < -0.4 is 21.7 Å². The molecule has 1 fully saturated rings. The summed E-state index contributed by atoms with van der Waals surface area (Å²) in [5.74, 6) is 0.416. The summed E-state index contributed by atoms with van der Waals surface area (Å²) in [6, 6.07) is 17.4. The first-order valence-electron chi connectivity index (χ1n) is 12.1. The van der Waals surface area contributed by atoms with Gasteiger partial charge in [-0.1, -0.05) is 42.5 Å². The molecule has 9 heteroatoms. The minimum Gasteiger partial charge on any atom is -0.497 e. The zero-order chi connectivity index (χ0) is 25.7. The maximum atomic E-state index is 13.2. The first-order valence-corrected chi connectivity index (χ1v) is 12.1. The Kier molecular flexibility index (Phi) is 8.02. The fraction of sp³-hybridized carbons (Fsp3) is 0.370. The Morgan fingerprint density at radius 2 is 1.56 bits per heavy atom. The predicted octanol–water partition coefficient (Wildman–Crippen LogP) is 1.23. The van der Waals surface area contributed by atoms with Crippen LogP contribution >= 0.6 is 0 Å². The van der Waals surface area contributed by atoms with Gasteiger partial charge in [0.05, 0.1) is 20.2 Å². The van der Waals surface area contributed by atoms with Gasteiger partial charge in [0.1, 0.15) is 17.1 Å². The molecule has 1 saturated heterocycles. The summed E-state index contributed by atoms with van der Waals surface area (Å²) in [6.45, 7) is 4.33. The van der Waals surface area contributed by atoms with Gasteiger partial charge in [0, 0.05) is 39.8 Å². The molecule has 1 aromatic heterocycles. The summed E-state index contributed by atoms with van der Waals surface area (Å²) in [5.41, 5.74) is 7.05. The van der Waals surface area contributed by atoms with Crippen LogP contribution in [0.15, 0.2) is 64.2 Å². The third-order valence-electron chi connectivity index (χ3n) is 6.75. The van der Waals surface area contributed by atoms with Crippen molar-refractivity contribution in [2.24, 2.45) is 7.05 Å². The van der Waals surface area contributed by atoms with E-state index in [9.17, 15) is 14.4 Å². The lowest BCUT2D eigenvalue weighted by atomic mass is 10.1. The van der Waals surface area contributed by atoms with Gasteiger partial charge in [-0.2, -0.15) is 0 Å². The summed E-state index contributed by atoms with van der Waals surface area (Å²) >= 11 is 0. The number of hydrogen-bond donors (Lipinski definition) is 1. The van der Waals surface area contributed by atoms with Gasteiger partial charge >= 0.3 is 5.69 Å². The van der Waals surface area contributed by atoms with Gasteiger partial charge in [0.2, 0.25) is 0 Å². The Labute approximate surface area is 210 Å². The van der Waals surface area contributed by atoms with Crippen LogP contribution in [-0.4, -0.2) is 71.1 Å². The van der Waals surface area contributed by atoms with Gasteiger partial charge in [-0.3, -0.25) is 23.6 Å². The number of carbonyl (C=O) groups excluding carboxylic acids is 1. The number of nitrogen functional groups attached to an aromatic ring is 1. The Hall–Kier alpha value is -3.69. The van der Waals surface area contributed by atoms with E-state index in [0.29, 0.717) is 0 Å². The van der Waals surface area contributed by atoms with E-state index < -0.39 is 11.2 Å². The van der Waals surface area contributed by atoms with E-state index in [2.05, 4.69) is 17.0 Å². The van der Waals surface area contributed by atoms with Crippen LogP contribution in [0, 0.1) is 0 Å². The van der Waals surface area contributed by atoms with Crippen LogP contribution in [0.5, 0.6) is 5.75 Å². The van der Waals surface area contributed by atoms with Crippen LogP contribution in [0.25, 0.3) is 0 Å². The molecule has 9 nitrogen and oxygen atoms in total. The molecule has 2 N–H and O–H groups in total. The van der Waals surface area contributed by atoms with Gasteiger partial charge in [-0.05, 0) is 29.7 Å². The number of benzene rings is 2. The Morgan fingerprint density at radius 1 is 0.917 bits per heavy atom. The van der Waals surface area contributed by atoms with Crippen LogP contribution in [-0.2, 0) is 20.0 Å². The number of carbonyl (C=O) groups is 1. The van der Waals surface area contributed by atoms with E-state index in [1.165, 1.54) is 17.2 Å². The quantitative estimate of drug-likeness (QED) is 0.449. The fourth-order valence-electron chi connectivity index (χ4n) is 4.50. The van der Waals surface area contributed by atoms with Crippen molar-refractivity contribution in [1.29, 1.82) is 0 Å². The lowest BCUT2D eigenvalue weighted by molar-refractivity contribution is 0.0852. The van der Waals surface area contributed by atoms with Crippen molar-refractivity contribution >= 4 is 11.6 Å². The van der Waals surface area contributed by atoms with Gasteiger partial charge in [0.25, 0.3) is 5.56 Å². The lowest BCUT2D eigenvalue weighted by Gasteiger charge is -2.34. The number of nitrogens with zero attached hydrogens (tertiary/aromatic N) is 4.